The summed E-state index contributed by atoms with van der Waals surface area (Å²) in [5.74, 6) is -7.56. The van der Waals surface area contributed by atoms with Crippen LogP contribution in [0.3, 0.4) is 0 Å². The third-order valence-corrected chi connectivity index (χ3v) is 2.62. The second kappa shape index (κ2) is 9.14. The standard InChI is InChI=1S/C12H13F5O.CH4O3S/c1-2-3-4-8(18)9(14)6-5-7(13)11(16)12(17)10(6)15;1-5(2,3)4/h5,8-9,18H,2-4H2,1H3;1H3,(H,2,3,4). The Labute approximate surface area is 130 Å². The molecule has 2 unspecified atom stereocenters. The molecule has 2 N–H and O–H groups in total. The fourth-order valence-electron chi connectivity index (χ4n) is 1.56. The second-order valence-corrected chi connectivity index (χ2v) is 6.20. The number of unbranched alkanes of at least 4 members (excludes halogenated alkanes) is 1. The Bertz CT molecular complexity index is 613. The molecule has 1 aromatic carbocycles. The monoisotopic (exact) mass is 364 g/mol. The van der Waals surface area contributed by atoms with Gasteiger partial charge in [0.15, 0.2) is 29.4 Å². The van der Waals surface area contributed by atoms with E-state index < -0.39 is 51.2 Å². The van der Waals surface area contributed by atoms with Gasteiger partial charge in [0.25, 0.3) is 10.1 Å². The number of hydrogen-bond acceptors (Lipinski definition) is 3. The molecule has 1 rings (SSSR count). The molecule has 0 fully saturated rings. The lowest BCUT2D eigenvalue weighted by molar-refractivity contribution is 0.0657. The number of hydrogen-bond donors (Lipinski definition) is 2. The summed E-state index contributed by atoms with van der Waals surface area (Å²) in [5, 5.41) is 9.40. The van der Waals surface area contributed by atoms with Gasteiger partial charge in [-0.25, -0.2) is 22.0 Å². The van der Waals surface area contributed by atoms with Gasteiger partial charge in [0, 0.05) is 5.56 Å². The third kappa shape index (κ3) is 7.71. The third-order valence-electron chi connectivity index (χ3n) is 2.62. The average Bonchev–Trinajstić information content (AvgIpc) is 2.43. The molecule has 0 aliphatic heterocycles. The summed E-state index contributed by atoms with van der Waals surface area (Å²) in [6.07, 6.45) is -1.97. The van der Waals surface area contributed by atoms with Gasteiger partial charge in [0.1, 0.15) is 0 Å². The van der Waals surface area contributed by atoms with Crippen LogP contribution in [0.25, 0.3) is 0 Å². The Morgan fingerprint density at radius 1 is 1.13 bits per heavy atom. The molecule has 1 aromatic rings. The van der Waals surface area contributed by atoms with Gasteiger partial charge in [0.05, 0.1) is 12.4 Å². The smallest absolute Gasteiger partial charge is 0.261 e. The Morgan fingerprint density at radius 2 is 1.61 bits per heavy atom. The van der Waals surface area contributed by atoms with Crippen molar-refractivity contribution in [3.63, 3.8) is 0 Å². The van der Waals surface area contributed by atoms with Crippen LogP contribution in [0.5, 0.6) is 0 Å². The SMILES string of the molecule is CCCCC(O)C(F)c1cc(F)c(F)c(F)c1F.CS(=O)(=O)O. The molecule has 0 aliphatic carbocycles. The van der Waals surface area contributed by atoms with Gasteiger partial charge in [-0.2, -0.15) is 8.42 Å². The number of benzene rings is 1. The molecule has 4 nitrogen and oxygen atoms in total. The van der Waals surface area contributed by atoms with Crippen molar-refractivity contribution in [1.29, 1.82) is 0 Å². The Morgan fingerprint density at radius 3 is 2.04 bits per heavy atom. The first-order chi connectivity index (χ1) is 10.4. The first kappa shape index (κ1) is 21.7. The van der Waals surface area contributed by atoms with Crippen LogP contribution in [-0.2, 0) is 10.1 Å². The lowest BCUT2D eigenvalue weighted by atomic mass is 10.0. The molecule has 134 valence electrons. The van der Waals surface area contributed by atoms with Gasteiger partial charge >= 0.3 is 0 Å². The van der Waals surface area contributed by atoms with E-state index in [0.29, 0.717) is 19.1 Å². The molecular weight excluding hydrogens is 347 g/mol. The van der Waals surface area contributed by atoms with E-state index in [1.165, 1.54) is 0 Å². The minimum Gasteiger partial charge on any atom is -0.390 e. The topological polar surface area (TPSA) is 74.6 Å². The van der Waals surface area contributed by atoms with Crippen LogP contribution in [0.2, 0.25) is 0 Å². The molecule has 10 heteroatoms. The summed E-state index contributed by atoms with van der Waals surface area (Å²) in [5.41, 5.74) is -1.00. The molecular formula is C13H17F5O4S. The maximum Gasteiger partial charge on any atom is 0.261 e. The highest BCUT2D eigenvalue weighted by molar-refractivity contribution is 7.85. The van der Waals surface area contributed by atoms with Crippen molar-refractivity contribution in [2.24, 2.45) is 0 Å². The predicted octanol–water partition coefficient (Wildman–Crippen LogP) is 3.31. The molecule has 0 aromatic heterocycles. The van der Waals surface area contributed by atoms with E-state index in [9.17, 15) is 35.5 Å². The molecule has 0 heterocycles. The molecule has 23 heavy (non-hydrogen) atoms. The number of alkyl halides is 1. The Kier molecular flexibility index (Phi) is 8.64. The highest BCUT2D eigenvalue weighted by Crippen LogP contribution is 2.30. The number of aliphatic hydroxyl groups is 1. The Hall–Kier alpha value is -1.26. The fourth-order valence-corrected chi connectivity index (χ4v) is 1.56. The molecule has 0 saturated carbocycles. The quantitative estimate of drug-likeness (QED) is 0.364. The van der Waals surface area contributed by atoms with Gasteiger partial charge in [-0.3, -0.25) is 4.55 Å². The predicted molar refractivity (Wildman–Crippen MR) is 73.1 cm³/mol. The number of halogens is 5. The van der Waals surface area contributed by atoms with Gasteiger partial charge in [-0.1, -0.05) is 19.8 Å². The second-order valence-electron chi connectivity index (χ2n) is 4.73. The molecule has 0 spiro atoms. The van der Waals surface area contributed by atoms with E-state index in [4.69, 9.17) is 4.55 Å². The van der Waals surface area contributed by atoms with Crippen LogP contribution in [-0.4, -0.2) is 30.4 Å². The van der Waals surface area contributed by atoms with Crippen molar-refractivity contribution in [2.75, 3.05) is 6.26 Å². The summed E-state index contributed by atoms with van der Waals surface area (Å²) in [4.78, 5) is 0. The number of rotatable bonds is 5. The van der Waals surface area contributed by atoms with Gasteiger partial charge in [-0.05, 0) is 12.5 Å². The first-order valence-electron chi connectivity index (χ1n) is 6.47. The van der Waals surface area contributed by atoms with Crippen molar-refractivity contribution in [1.82, 2.24) is 0 Å². The minimum absolute atomic E-state index is 0.0255. The van der Waals surface area contributed by atoms with Crippen LogP contribution >= 0.6 is 0 Å². The van der Waals surface area contributed by atoms with E-state index in [1.54, 1.807) is 6.92 Å². The fraction of sp³-hybridized carbons (Fsp3) is 0.538. The summed E-state index contributed by atoms with van der Waals surface area (Å²) in [6, 6.07) is 0.230. The lowest BCUT2D eigenvalue weighted by Gasteiger charge is -2.16. The highest BCUT2D eigenvalue weighted by Gasteiger charge is 2.28. The molecule has 0 amide bonds. The first-order valence-corrected chi connectivity index (χ1v) is 8.32. The maximum absolute atomic E-state index is 13.7. The maximum atomic E-state index is 13.7. The van der Waals surface area contributed by atoms with E-state index in [2.05, 4.69) is 0 Å². The summed E-state index contributed by atoms with van der Waals surface area (Å²) >= 11 is 0. The zero-order chi connectivity index (χ0) is 18.4. The number of aliphatic hydroxyl groups excluding tert-OH is 1. The summed E-state index contributed by atoms with van der Waals surface area (Å²) in [7, 11) is -3.67. The van der Waals surface area contributed by atoms with Crippen LogP contribution in [0, 0.1) is 23.3 Å². The van der Waals surface area contributed by atoms with E-state index in [1.807, 2.05) is 0 Å². The van der Waals surface area contributed by atoms with Crippen LogP contribution in [0.4, 0.5) is 22.0 Å². The van der Waals surface area contributed by atoms with Crippen molar-refractivity contribution in [3.8, 4) is 0 Å². The van der Waals surface area contributed by atoms with Gasteiger partial charge in [0.2, 0.25) is 0 Å². The molecule has 2 atom stereocenters. The summed E-state index contributed by atoms with van der Waals surface area (Å²) in [6.45, 7) is 1.80. The van der Waals surface area contributed by atoms with E-state index >= 15 is 0 Å². The largest absolute Gasteiger partial charge is 0.390 e. The molecule has 0 saturated heterocycles. The highest BCUT2D eigenvalue weighted by atomic mass is 32.2. The zero-order valence-corrected chi connectivity index (χ0v) is 13.2. The van der Waals surface area contributed by atoms with E-state index in [0.717, 1.165) is 0 Å². The van der Waals surface area contributed by atoms with Crippen LogP contribution < -0.4 is 0 Å². The molecule has 0 bridgehead atoms. The van der Waals surface area contributed by atoms with Gasteiger partial charge < -0.3 is 5.11 Å². The van der Waals surface area contributed by atoms with Gasteiger partial charge in [-0.15, -0.1) is 0 Å². The minimum atomic E-state index is -3.67. The molecule has 0 radical (unpaired) electrons. The van der Waals surface area contributed by atoms with Crippen LogP contribution in [0.1, 0.15) is 37.9 Å². The van der Waals surface area contributed by atoms with E-state index in [-0.39, 0.29) is 12.5 Å². The van der Waals surface area contributed by atoms with Crippen molar-refractivity contribution >= 4 is 10.1 Å². The van der Waals surface area contributed by atoms with Crippen molar-refractivity contribution in [3.05, 3.63) is 34.9 Å². The van der Waals surface area contributed by atoms with Crippen molar-refractivity contribution in [2.45, 2.75) is 38.5 Å². The Balaban J connectivity index is 0.000000841. The average molecular weight is 364 g/mol. The zero-order valence-electron chi connectivity index (χ0n) is 12.4. The van der Waals surface area contributed by atoms with Crippen molar-refractivity contribution < 1.29 is 40.0 Å². The molecule has 0 aliphatic rings. The lowest BCUT2D eigenvalue weighted by Crippen LogP contribution is -2.17. The normalized spacial score (nSPS) is 14.0. The summed E-state index contributed by atoms with van der Waals surface area (Å²) < 4.78 is 91.2. The van der Waals surface area contributed by atoms with Crippen LogP contribution in [0.15, 0.2) is 6.07 Å².